The number of amides is 3. The number of fused-ring (bicyclic) bond motifs is 2. The highest BCUT2D eigenvalue weighted by molar-refractivity contribution is 5.91. The van der Waals surface area contributed by atoms with Crippen LogP contribution >= 0.6 is 0 Å². The fourth-order valence-corrected chi connectivity index (χ4v) is 4.22. The average Bonchev–Trinajstić information content (AvgIpc) is 3.21. The third kappa shape index (κ3) is 4.47. The molecule has 1 aliphatic heterocycles. The van der Waals surface area contributed by atoms with Crippen molar-refractivity contribution in [3.8, 4) is 5.88 Å². The van der Waals surface area contributed by atoms with Crippen molar-refractivity contribution < 1.29 is 19.1 Å². The minimum atomic E-state index is -0.984. The highest BCUT2D eigenvalue weighted by Crippen LogP contribution is 2.48. The highest BCUT2D eigenvalue weighted by atomic mass is 16.6. The molecule has 2 aliphatic rings. The number of nitrogens with zero attached hydrogens (tertiary/aromatic N) is 4. The van der Waals surface area contributed by atoms with Gasteiger partial charge in [0, 0.05) is 18.8 Å². The van der Waals surface area contributed by atoms with Crippen LogP contribution in [-0.4, -0.2) is 56.2 Å². The van der Waals surface area contributed by atoms with Gasteiger partial charge in [0.1, 0.15) is 12.6 Å². The fourth-order valence-electron chi connectivity index (χ4n) is 4.22. The Hall–Kier alpha value is -3.17. The van der Waals surface area contributed by atoms with Gasteiger partial charge in [-0.05, 0) is 36.7 Å². The number of carbonyl (C=O) groups excluding carboxylic acids is 3. The number of piperidine rings is 1. The fraction of sp³-hybridized carbons (Fsp3) is 0.571. The molecule has 0 bridgehead atoms. The van der Waals surface area contributed by atoms with E-state index in [4.69, 9.17) is 10.5 Å². The van der Waals surface area contributed by atoms with E-state index in [2.05, 4.69) is 36.2 Å². The van der Waals surface area contributed by atoms with Gasteiger partial charge >= 0.3 is 6.09 Å². The second-order valence-corrected chi connectivity index (χ2v) is 9.49. The number of nitrogens with two attached hydrogens (primary N) is 1. The van der Waals surface area contributed by atoms with E-state index in [0.717, 1.165) is 12.8 Å². The van der Waals surface area contributed by atoms with Crippen LogP contribution in [0.5, 0.6) is 5.88 Å². The normalized spacial score (nSPS) is 22.3. The second kappa shape index (κ2) is 7.82. The second-order valence-electron chi connectivity index (χ2n) is 9.49. The van der Waals surface area contributed by atoms with E-state index >= 15 is 0 Å². The van der Waals surface area contributed by atoms with Gasteiger partial charge in [0.2, 0.25) is 11.8 Å². The zero-order valence-electron chi connectivity index (χ0n) is 18.0. The molecular weight excluding hydrogens is 400 g/mol. The lowest BCUT2D eigenvalue weighted by molar-refractivity contribution is -0.140. The predicted octanol–water partition coefficient (Wildman–Crippen LogP) is 1.43. The molecule has 3 N–H and O–H groups in total. The van der Waals surface area contributed by atoms with Gasteiger partial charge in [-0.3, -0.25) is 19.3 Å². The Morgan fingerprint density at radius 1 is 1.29 bits per heavy atom. The first-order chi connectivity index (χ1) is 14.6. The molecular formula is C21H28N6O4. The Morgan fingerprint density at radius 2 is 2.06 bits per heavy atom. The number of primary amides is 1. The summed E-state index contributed by atoms with van der Waals surface area (Å²) in [5.74, 6) is 0.112. The molecule has 0 spiro atoms. The largest absolute Gasteiger partial charge is 0.411 e. The molecule has 4 rings (SSSR count). The van der Waals surface area contributed by atoms with Gasteiger partial charge in [0.05, 0.1) is 17.1 Å². The number of rotatable bonds is 6. The molecule has 0 radical (unpaired) electrons. The summed E-state index contributed by atoms with van der Waals surface area (Å²) in [6.07, 6.45) is 4.58. The third-order valence-corrected chi connectivity index (χ3v) is 5.87. The molecule has 3 atom stereocenters. The molecule has 31 heavy (non-hydrogen) atoms. The van der Waals surface area contributed by atoms with E-state index in [0.29, 0.717) is 29.8 Å². The molecule has 166 valence electrons. The third-order valence-electron chi connectivity index (χ3n) is 5.87. The van der Waals surface area contributed by atoms with E-state index < -0.39 is 12.1 Å². The minimum absolute atomic E-state index is 0.0277. The summed E-state index contributed by atoms with van der Waals surface area (Å²) in [6, 6.07) is 1.28. The van der Waals surface area contributed by atoms with Crippen LogP contribution in [0.2, 0.25) is 0 Å². The lowest BCUT2D eigenvalue weighted by atomic mass is 9.92. The number of hydrogen-bond donors (Lipinski definition) is 2. The maximum atomic E-state index is 13.2. The smallest absolute Gasteiger partial charge is 0.389 e. The Morgan fingerprint density at radius 3 is 2.77 bits per heavy atom. The number of ether oxygens (including phenoxy) is 1. The van der Waals surface area contributed by atoms with Crippen LogP contribution in [0.25, 0.3) is 10.9 Å². The minimum Gasteiger partial charge on any atom is -0.389 e. The highest BCUT2D eigenvalue weighted by Gasteiger charge is 2.55. The van der Waals surface area contributed by atoms with Crippen molar-refractivity contribution in [3.63, 3.8) is 0 Å². The lowest BCUT2D eigenvalue weighted by Gasteiger charge is -2.27. The first-order valence-electron chi connectivity index (χ1n) is 10.5. The quantitative estimate of drug-likeness (QED) is 0.715. The van der Waals surface area contributed by atoms with Crippen LogP contribution < -0.4 is 15.8 Å². The standard InChI is InChI=1S/C21H28N6O4/c1-21(2,3)5-7-24-18(29)15-9-12-8-14(12)27(15)17(28)11-26-16-10-23-6-4-13(16)19(25-26)31-20(22)30/h4,6,10,12,14-15H,5,7-9,11H2,1-3H3,(H2,22,30)(H,24,29)/t12-,14-,15+/m1/s1. The maximum Gasteiger partial charge on any atom is 0.411 e. The summed E-state index contributed by atoms with van der Waals surface area (Å²) in [4.78, 5) is 43.0. The number of carbonyl (C=O) groups is 3. The van der Waals surface area contributed by atoms with E-state index in [-0.39, 0.29) is 35.7 Å². The Kier molecular flexibility index (Phi) is 5.32. The number of nitrogens with one attached hydrogen (secondary N) is 1. The summed E-state index contributed by atoms with van der Waals surface area (Å²) < 4.78 is 6.40. The molecule has 2 fully saturated rings. The van der Waals surface area contributed by atoms with Crippen molar-refractivity contribution in [2.24, 2.45) is 17.1 Å². The van der Waals surface area contributed by atoms with Gasteiger partial charge < -0.3 is 20.7 Å². The number of pyridine rings is 1. The first kappa shape index (κ1) is 21.1. The molecule has 3 heterocycles. The summed E-state index contributed by atoms with van der Waals surface area (Å²) >= 11 is 0. The van der Waals surface area contributed by atoms with Crippen molar-refractivity contribution >= 4 is 28.8 Å². The summed E-state index contributed by atoms with van der Waals surface area (Å²) in [6.45, 7) is 6.87. The van der Waals surface area contributed by atoms with Crippen LogP contribution in [0.1, 0.15) is 40.0 Å². The topological polar surface area (TPSA) is 132 Å². The number of hydrogen-bond acceptors (Lipinski definition) is 6. The number of likely N-dealkylation sites (tertiary alicyclic amines) is 1. The van der Waals surface area contributed by atoms with Crippen molar-refractivity contribution in [1.29, 1.82) is 0 Å². The predicted molar refractivity (Wildman–Crippen MR) is 112 cm³/mol. The lowest BCUT2D eigenvalue weighted by Crippen LogP contribution is -2.49. The van der Waals surface area contributed by atoms with Gasteiger partial charge in [-0.1, -0.05) is 20.8 Å². The monoisotopic (exact) mass is 428 g/mol. The zero-order chi connectivity index (χ0) is 22.3. The summed E-state index contributed by atoms with van der Waals surface area (Å²) in [5.41, 5.74) is 5.79. The van der Waals surface area contributed by atoms with E-state index in [9.17, 15) is 14.4 Å². The van der Waals surface area contributed by atoms with Gasteiger partial charge in [-0.2, -0.15) is 0 Å². The zero-order valence-corrected chi connectivity index (χ0v) is 18.0. The van der Waals surface area contributed by atoms with Crippen molar-refractivity contribution in [1.82, 2.24) is 25.0 Å². The number of aromatic nitrogens is 3. The molecule has 0 aromatic carbocycles. The average molecular weight is 428 g/mol. The summed E-state index contributed by atoms with van der Waals surface area (Å²) in [7, 11) is 0. The van der Waals surface area contributed by atoms with Crippen molar-refractivity contribution in [3.05, 3.63) is 18.5 Å². The van der Waals surface area contributed by atoms with E-state index in [1.54, 1.807) is 17.2 Å². The first-order valence-corrected chi connectivity index (χ1v) is 10.5. The van der Waals surface area contributed by atoms with Gasteiger partial charge in [0.25, 0.3) is 5.88 Å². The SMILES string of the molecule is CC(C)(C)CCNC(=O)[C@@H]1C[C@H]2C[C@H]2N1C(=O)Cn1nc(OC(N)=O)c2ccncc21. The van der Waals surface area contributed by atoms with Crippen LogP contribution in [0, 0.1) is 11.3 Å². The van der Waals surface area contributed by atoms with Crippen LogP contribution in [0.15, 0.2) is 18.5 Å². The molecule has 0 unspecified atom stereocenters. The molecule has 1 saturated heterocycles. The molecule has 2 aromatic rings. The molecule has 1 aliphatic carbocycles. The molecule has 10 nitrogen and oxygen atoms in total. The Labute approximate surface area is 180 Å². The molecule has 3 amide bonds. The van der Waals surface area contributed by atoms with Crippen LogP contribution in [0.3, 0.4) is 0 Å². The van der Waals surface area contributed by atoms with Crippen molar-refractivity contribution in [2.45, 2.75) is 58.7 Å². The molecule has 10 heteroatoms. The maximum absolute atomic E-state index is 13.2. The van der Waals surface area contributed by atoms with Gasteiger partial charge in [-0.15, -0.1) is 5.10 Å². The van der Waals surface area contributed by atoms with Crippen LogP contribution in [0.4, 0.5) is 4.79 Å². The van der Waals surface area contributed by atoms with Gasteiger partial charge in [-0.25, -0.2) is 4.79 Å². The Balaban J connectivity index is 1.49. The Bertz CT molecular complexity index is 1030. The van der Waals surface area contributed by atoms with Crippen molar-refractivity contribution in [2.75, 3.05) is 6.54 Å². The van der Waals surface area contributed by atoms with Gasteiger partial charge in [0.15, 0.2) is 0 Å². The van der Waals surface area contributed by atoms with E-state index in [1.165, 1.54) is 10.9 Å². The van der Waals surface area contributed by atoms with Crippen LogP contribution in [-0.2, 0) is 16.1 Å². The molecule has 1 saturated carbocycles. The molecule has 2 aromatic heterocycles. The van der Waals surface area contributed by atoms with E-state index in [1.807, 2.05) is 0 Å². The summed E-state index contributed by atoms with van der Waals surface area (Å²) in [5, 5.41) is 7.75.